The molecule has 0 unspecified atom stereocenters. The second-order valence-corrected chi connectivity index (χ2v) is 8.51. The highest BCUT2D eigenvalue weighted by atomic mass is 16.2. The van der Waals surface area contributed by atoms with Gasteiger partial charge in [-0.1, -0.05) is 13.8 Å². The van der Waals surface area contributed by atoms with Crippen LogP contribution in [0.1, 0.15) is 59.3 Å². The topological polar surface area (TPSA) is 32.3 Å². The van der Waals surface area contributed by atoms with E-state index in [1.54, 1.807) is 0 Å². The third-order valence-corrected chi connectivity index (χ3v) is 6.03. The van der Waals surface area contributed by atoms with Crippen molar-refractivity contribution >= 4 is 6.03 Å². The summed E-state index contributed by atoms with van der Waals surface area (Å²) in [6.45, 7) is 9.02. The summed E-state index contributed by atoms with van der Waals surface area (Å²) in [6, 6.07) is 0.155. The van der Waals surface area contributed by atoms with Gasteiger partial charge >= 0.3 is 6.03 Å². The zero-order valence-corrected chi connectivity index (χ0v) is 14.0. The van der Waals surface area contributed by atoms with Gasteiger partial charge in [0.2, 0.25) is 0 Å². The molecule has 4 aliphatic rings. The summed E-state index contributed by atoms with van der Waals surface area (Å²) in [4.78, 5) is 14.4. The molecule has 3 nitrogen and oxygen atoms in total. The number of urea groups is 1. The molecule has 0 aliphatic heterocycles. The molecular weight excluding hydrogens is 260 g/mol. The fraction of sp³-hybridized carbons (Fsp3) is 0.944. The molecule has 3 heteroatoms. The maximum Gasteiger partial charge on any atom is 0.317 e. The van der Waals surface area contributed by atoms with Crippen molar-refractivity contribution in [3.05, 3.63) is 0 Å². The molecule has 0 saturated heterocycles. The van der Waals surface area contributed by atoms with Crippen LogP contribution >= 0.6 is 0 Å². The molecule has 0 aromatic carbocycles. The fourth-order valence-corrected chi connectivity index (χ4v) is 5.68. The van der Waals surface area contributed by atoms with Gasteiger partial charge in [0, 0.05) is 19.6 Å². The smallest absolute Gasteiger partial charge is 0.317 e. The quantitative estimate of drug-likeness (QED) is 0.819. The van der Waals surface area contributed by atoms with Gasteiger partial charge in [-0.3, -0.25) is 0 Å². The van der Waals surface area contributed by atoms with Gasteiger partial charge in [0.1, 0.15) is 0 Å². The number of nitrogens with one attached hydrogen (secondary N) is 1. The summed E-state index contributed by atoms with van der Waals surface area (Å²) < 4.78 is 0. The van der Waals surface area contributed by atoms with Crippen molar-refractivity contribution in [1.29, 1.82) is 0 Å². The Morgan fingerprint density at radius 1 is 1.14 bits per heavy atom. The fourth-order valence-electron chi connectivity index (χ4n) is 5.68. The first kappa shape index (κ1) is 15.2. The zero-order chi connectivity index (χ0) is 15.0. The molecule has 0 spiro atoms. The van der Waals surface area contributed by atoms with Crippen molar-refractivity contribution in [3.8, 4) is 0 Å². The summed E-state index contributed by atoms with van der Waals surface area (Å²) in [5.41, 5.74) is 0.446. The van der Waals surface area contributed by atoms with E-state index >= 15 is 0 Å². The minimum Gasteiger partial charge on any atom is -0.337 e. The number of nitrogens with zero attached hydrogens (tertiary/aromatic N) is 1. The van der Waals surface area contributed by atoms with Crippen molar-refractivity contribution in [2.75, 3.05) is 19.6 Å². The average Bonchev–Trinajstić information content (AvgIpc) is 2.40. The minimum atomic E-state index is 0.155. The van der Waals surface area contributed by atoms with Crippen molar-refractivity contribution in [2.24, 2.45) is 29.1 Å². The Labute approximate surface area is 129 Å². The van der Waals surface area contributed by atoms with Crippen LogP contribution in [0, 0.1) is 29.1 Å². The van der Waals surface area contributed by atoms with E-state index < -0.39 is 0 Å². The highest BCUT2D eigenvalue weighted by molar-refractivity contribution is 5.74. The molecule has 120 valence electrons. The van der Waals surface area contributed by atoms with Crippen LogP contribution in [0.15, 0.2) is 0 Å². The molecule has 0 atom stereocenters. The Kier molecular flexibility index (Phi) is 4.20. The summed E-state index contributed by atoms with van der Waals surface area (Å²) >= 11 is 0. The van der Waals surface area contributed by atoms with Gasteiger partial charge < -0.3 is 10.2 Å². The standard InChI is InChI=1S/C18H32N2O/c1-4-20(11-13(2)3)17(21)19-12-18-8-14-5-15(9-18)7-16(6-14)10-18/h13-16H,4-12H2,1-3H3,(H,19,21). The number of amides is 2. The number of hydrogen-bond donors (Lipinski definition) is 1. The Morgan fingerprint density at radius 3 is 2.10 bits per heavy atom. The van der Waals surface area contributed by atoms with E-state index in [1.807, 2.05) is 4.90 Å². The second-order valence-electron chi connectivity index (χ2n) is 8.51. The molecule has 0 aromatic rings. The molecule has 0 aromatic heterocycles. The Morgan fingerprint density at radius 2 is 1.67 bits per heavy atom. The molecule has 2 amide bonds. The van der Waals surface area contributed by atoms with Crippen LogP contribution in [0.3, 0.4) is 0 Å². The van der Waals surface area contributed by atoms with Crippen LogP contribution in [0.25, 0.3) is 0 Å². The highest BCUT2D eigenvalue weighted by Gasteiger charge is 2.50. The predicted octanol–water partition coefficient (Wildman–Crippen LogP) is 3.89. The van der Waals surface area contributed by atoms with Gasteiger partial charge in [-0.05, 0) is 74.5 Å². The molecule has 0 heterocycles. The van der Waals surface area contributed by atoms with Crippen molar-refractivity contribution in [1.82, 2.24) is 10.2 Å². The van der Waals surface area contributed by atoms with E-state index in [-0.39, 0.29) is 6.03 Å². The van der Waals surface area contributed by atoms with Gasteiger partial charge in [0.25, 0.3) is 0 Å². The molecular formula is C18H32N2O. The zero-order valence-electron chi connectivity index (χ0n) is 14.0. The van der Waals surface area contributed by atoms with Crippen LogP contribution in [0.4, 0.5) is 4.79 Å². The van der Waals surface area contributed by atoms with E-state index in [1.165, 1.54) is 38.5 Å². The lowest BCUT2D eigenvalue weighted by Gasteiger charge is -2.57. The Bertz CT molecular complexity index is 355. The molecule has 4 fully saturated rings. The number of hydrogen-bond acceptors (Lipinski definition) is 1. The number of carbonyl (C=O) groups excluding carboxylic acids is 1. The van der Waals surface area contributed by atoms with Gasteiger partial charge in [0.15, 0.2) is 0 Å². The first-order valence-electron chi connectivity index (χ1n) is 9.02. The van der Waals surface area contributed by atoms with E-state index in [0.29, 0.717) is 11.3 Å². The van der Waals surface area contributed by atoms with Gasteiger partial charge in [-0.25, -0.2) is 4.79 Å². The monoisotopic (exact) mass is 292 g/mol. The Hall–Kier alpha value is -0.730. The summed E-state index contributed by atoms with van der Waals surface area (Å²) in [5.74, 6) is 3.43. The van der Waals surface area contributed by atoms with Crippen molar-refractivity contribution < 1.29 is 4.79 Å². The predicted molar refractivity (Wildman–Crippen MR) is 86.1 cm³/mol. The lowest BCUT2D eigenvalue weighted by atomic mass is 9.49. The first-order chi connectivity index (χ1) is 9.99. The van der Waals surface area contributed by atoms with E-state index in [0.717, 1.165) is 37.4 Å². The molecule has 21 heavy (non-hydrogen) atoms. The van der Waals surface area contributed by atoms with E-state index in [4.69, 9.17) is 0 Å². The van der Waals surface area contributed by atoms with Gasteiger partial charge in [-0.15, -0.1) is 0 Å². The lowest BCUT2D eigenvalue weighted by Crippen LogP contribution is -2.53. The third-order valence-electron chi connectivity index (χ3n) is 6.03. The maximum atomic E-state index is 12.4. The third kappa shape index (κ3) is 3.22. The SMILES string of the molecule is CCN(CC(C)C)C(=O)NCC12CC3CC(CC(C3)C1)C2. The largest absolute Gasteiger partial charge is 0.337 e. The average molecular weight is 292 g/mol. The first-order valence-corrected chi connectivity index (χ1v) is 9.02. The maximum absolute atomic E-state index is 12.4. The number of carbonyl (C=O) groups is 1. The van der Waals surface area contributed by atoms with Gasteiger partial charge in [-0.2, -0.15) is 0 Å². The van der Waals surface area contributed by atoms with Gasteiger partial charge in [0.05, 0.1) is 0 Å². The molecule has 4 aliphatic carbocycles. The second kappa shape index (κ2) is 5.81. The van der Waals surface area contributed by atoms with Crippen molar-refractivity contribution in [3.63, 3.8) is 0 Å². The molecule has 1 N–H and O–H groups in total. The minimum absolute atomic E-state index is 0.155. The van der Waals surface area contributed by atoms with Crippen LogP contribution in [-0.2, 0) is 0 Å². The van der Waals surface area contributed by atoms with Crippen LogP contribution < -0.4 is 5.32 Å². The molecule has 4 saturated carbocycles. The normalized spacial score (nSPS) is 37.0. The summed E-state index contributed by atoms with van der Waals surface area (Å²) in [6.07, 6.45) is 8.53. The highest BCUT2D eigenvalue weighted by Crippen LogP contribution is 2.59. The number of rotatable bonds is 5. The summed E-state index contributed by atoms with van der Waals surface area (Å²) in [7, 11) is 0. The van der Waals surface area contributed by atoms with E-state index in [9.17, 15) is 4.79 Å². The molecule has 4 rings (SSSR count). The molecule has 4 bridgehead atoms. The summed E-state index contributed by atoms with van der Waals surface area (Å²) in [5, 5.41) is 3.28. The van der Waals surface area contributed by atoms with Crippen LogP contribution in [-0.4, -0.2) is 30.6 Å². The van der Waals surface area contributed by atoms with Crippen LogP contribution in [0.5, 0.6) is 0 Å². The van der Waals surface area contributed by atoms with E-state index in [2.05, 4.69) is 26.1 Å². The Balaban J connectivity index is 1.56. The van der Waals surface area contributed by atoms with Crippen molar-refractivity contribution in [2.45, 2.75) is 59.3 Å². The van der Waals surface area contributed by atoms with Crippen LogP contribution in [0.2, 0.25) is 0 Å². The molecule has 0 radical (unpaired) electrons. The lowest BCUT2D eigenvalue weighted by molar-refractivity contribution is -0.0502.